The van der Waals surface area contributed by atoms with E-state index in [1.165, 1.54) is 0 Å². The zero-order valence-corrected chi connectivity index (χ0v) is 11.9. The van der Waals surface area contributed by atoms with E-state index in [1.807, 2.05) is 11.8 Å². The van der Waals surface area contributed by atoms with Gasteiger partial charge in [0.25, 0.3) is 5.82 Å². The van der Waals surface area contributed by atoms with E-state index < -0.39 is 12.0 Å². The number of aryl methyl sites for hydroxylation is 1. The number of hydrogen-bond acceptors (Lipinski definition) is 6. The van der Waals surface area contributed by atoms with Gasteiger partial charge in [0.05, 0.1) is 6.54 Å². The second-order valence-corrected chi connectivity index (χ2v) is 5.34. The average molecular weight is 316 g/mol. The zero-order chi connectivity index (χ0) is 15.7. The number of piperidine rings is 1. The van der Waals surface area contributed by atoms with E-state index in [-0.39, 0.29) is 18.4 Å². The van der Waals surface area contributed by atoms with Crippen molar-refractivity contribution < 1.29 is 17.7 Å². The molecule has 0 atom stereocenters. The van der Waals surface area contributed by atoms with Crippen molar-refractivity contribution in [2.24, 2.45) is 0 Å². The first-order chi connectivity index (χ1) is 10.4. The molecular weight excluding hydrogens is 301 g/mol. The Balaban J connectivity index is 1.55. The van der Waals surface area contributed by atoms with Gasteiger partial charge in [-0.2, -0.15) is 23.3 Å². The summed E-state index contributed by atoms with van der Waals surface area (Å²) in [6, 6.07) is 0. The molecule has 0 amide bonds. The number of nitrogens with zero attached hydrogens (tertiary/aromatic N) is 5. The first-order valence-corrected chi connectivity index (χ1v) is 6.93. The van der Waals surface area contributed by atoms with Gasteiger partial charge in [-0.25, -0.2) is 4.98 Å². The van der Waals surface area contributed by atoms with Crippen molar-refractivity contribution in [2.75, 3.05) is 13.1 Å². The highest BCUT2D eigenvalue weighted by molar-refractivity contribution is 4.99. The molecule has 0 saturated carbocycles. The van der Waals surface area contributed by atoms with Crippen LogP contribution >= 0.6 is 0 Å². The quantitative estimate of drug-likeness (QED) is 0.931. The molecule has 1 N–H and O–H groups in total. The Kier molecular flexibility index (Phi) is 3.85. The van der Waals surface area contributed by atoms with Crippen LogP contribution in [0.15, 0.2) is 4.52 Å². The predicted octanol–water partition coefficient (Wildman–Crippen LogP) is 1.89. The topological polar surface area (TPSA) is 83.7 Å². The Hall–Kier alpha value is -1.97. The molecule has 1 saturated heterocycles. The molecule has 1 aliphatic heterocycles. The minimum atomic E-state index is -4.57. The molecule has 10 heteroatoms. The summed E-state index contributed by atoms with van der Waals surface area (Å²) in [6.07, 6.45) is -2.88. The number of H-pyrrole nitrogens is 1. The van der Waals surface area contributed by atoms with Crippen molar-refractivity contribution in [3.05, 3.63) is 23.4 Å². The number of rotatable bonds is 3. The third kappa shape index (κ3) is 3.26. The van der Waals surface area contributed by atoms with E-state index in [0.717, 1.165) is 37.6 Å². The van der Waals surface area contributed by atoms with E-state index in [0.29, 0.717) is 0 Å². The summed E-state index contributed by atoms with van der Waals surface area (Å²) in [5, 5.41) is 9.93. The molecule has 0 aliphatic carbocycles. The predicted molar refractivity (Wildman–Crippen MR) is 67.7 cm³/mol. The maximum atomic E-state index is 12.4. The van der Waals surface area contributed by atoms with Crippen molar-refractivity contribution in [3.8, 4) is 0 Å². The molecule has 2 aromatic rings. The molecule has 3 heterocycles. The van der Waals surface area contributed by atoms with Crippen LogP contribution in [-0.2, 0) is 12.7 Å². The van der Waals surface area contributed by atoms with Gasteiger partial charge < -0.3 is 4.52 Å². The Labute approximate surface area is 123 Å². The fourth-order valence-electron chi connectivity index (χ4n) is 2.52. The third-order valence-electron chi connectivity index (χ3n) is 3.65. The summed E-state index contributed by atoms with van der Waals surface area (Å²) in [5.74, 6) is 0.611. The number of likely N-dealkylation sites (tertiary alicyclic amines) is 1. The van der Waals surface area contributed by atoms with Crippen molar-refractivity contribution in [1.29, 1.82) is 0 Å². The summed E-state index contributed by atoms with van der Waals surface area (Å²) in [6.45, 7) is 3.52. The summed E-state index contributed by atoms with van der Waals surface area (Å²) in [4.78, 5) is 9.69. The molecule has 0 radical (unpaired) electrons. The second kappa shape index (κ2) is 5.67. The second-order valence-electron chi connectivity index (χ2n) is 5.34. The fraction of sp³-hybridized carbons (Fsp3) is 0.667. The SMILES string of the molecule is Cc1nc(C2CCN(Cc3nc(C(F)(F)F)no3)CC2)n[nH]1. The normalized spacial score (nSPS) is 18.0. The van der Waals surface area contributed by atoms with Crippen LogP contribution in [0.5, 0.6) is 0 Å². The Morgan fingerprint density at radius 1 is 1.27 bits per heavy atom. The van der Waals surface area contributed by atoms with Crippen molar-refractivity contribution in [2.45, 2.75) is 38.4 Å². The number of aromatic nitrogens is 5. The summed E-state index contributed by atoms with van der Waals surface area (Å²) in [7, 11) is 0. The lowest BCUT2D eigenvalue weighted by atomic mass is 9.96. The molecule has 2 aromatic heterocycles. The first-order valence-electron chi connectivity index (χ1n) is 6.93. The molecule has 0 bridgehead atoms. The molecule has 1 fully saturated rings. The van der Waals surface area contributed by atoms with E-state index in [9.17, 15) is 13.2 Å². The molecule has 22 heavy (non-hydrogen) atoms. The van der Waals surface area contributed by atoms with Gasteiger partial charge in [-0.1, -0.05) is 5.16 Å². The number of nitrogens with one attached hydrogen (secondary N) is 1. The average Bonchev–Trinajstić information content (AvgIpc) is 3.08. The van der Waals surface area contributed by atoms with Crippen molar-refractivity contribution in [1.82, 2.24) is 30.2 Å². The van der Waals surface area contributed by atoms with Crippen LogP contribution in [0.1, 0.15) is 42.1 Å². The lowest BCUT2D eigenvalue weighted by Crippen LogP contribution is -2.32. The van der Waals surface area contributed by atoms with Gasteiger partial charge in [-0.05, 0) is 32.9 Å². The van der Waals surface area contributed by atoms with E-state index in [2.05, 4.69) is 29.8 Å². The monoisotopic (exact) mass is 316 g/mol. The van der Waals surface area contributed by atoms with Crippen LogP contribution in [0.3, 0.4) is 0 Å². The summed E-state index contributed by atoms with van der Waals surface area (Å²) in [5.41, 5.74) is 0. The van der Waals surface area contributed by atoms with Gasteiger partial charge in [0.1, 0.15) is 5.82 Å². The maximum Gasteiger partial charge on any atom is 0.455 e. The molecule has 3 rings (SSSR count). The maximum absolute atomic E-state index is 12.4. The Morgan fingerprint density at radius 2 is 2.00 bits per heavy atom. The molecule has 0 spiro atoms. The lowest BCUT2D eigenvalue weighted by molar-refractivity contribution is -0.146. The van der Waals surface area contributed by atoms with Crippen LogP contribution in [0.2, 0.25) is 0 Å². The van der Waals surface area contributed by atoms with Gasteiger partial charge in [0, 0.05) is 5.92 Å². The molecule has 7 nitrogen and oxygen atoms in total. The van der Waals surface area contributed by atoms with E-state index in [4.69, 9.17) is 0 Å². The molecule has 0 unspecified atom stereocenters. The van der Waals surface area contributed by atoms with Crippen molar-refractivity contribution in [3.63, 3.8) is 0 Å². The standard InChI is InChI=1S/C12H15F3N6O/c1-7-16-10(19-18-7)8-2-4-21(5-3-8)6-9-17-11(20-22-9)12(13,14)15/h8H,2-6H2,1H3,(H,16,18,19). The minimum absolute atomic E-state index is 0.0143. The highest BCUT2D eigenvalue weighted by Crippen LogP contribution is 2.28. The van der Waals surface area contributed by atoms with Gasteiger partial charge in [0.15, 0.2) is 5.82 Å². The van der Waals surface area contributed by atoms with Gasteiger partial charge in [0.2, 0.25) is 5.89 Å². The van der Waals surface area contributed by atoms with Crippen LogP contribution in [0.25, 0.3) is 0 Å². The highest BCUT2D eigenvalue weighted by atomic mass is 19.4. The number of hydrogen-bond donors (Lipinski definition) is 1. The lowest BCUT2D eigenvalue weighted by Gasteiger charge is -2.29. The third-order valence-corrected chi connectivity index (χ3v) is 3.65. The zero-order valence-electron chi connectivity index (χ0n) is 11.9. The van der Waals surface area contributed by atoms with Crippen LogP contribution in [0, 0.1) is 6.92 Å². The molecule has 1 aliphatic rings. The van der Waals surface area contributed by atoms with Crippen LogP contribution in [0.4, 0.5) is 13.2 Å². The summed E-state index contributed by atoms with van der Waals surface area (Å²) >= 11 is 0. The fourth-order valence-corrected chi connectivity index (χ4v) is 2.52. The van der Waals surface area contributed by atoms with Crippen LogP contribution < -0.4 is 0 Å². The minimum Gasteiger partial charge on any atom is -0.338 e. The summed E-state index contributed by atoms with van der Waals surface area (Å²) < 4.78 is 41.9. The van der Waals surface area contributed by atoms with Crippen molar-refractivity contribution >= 4 is 0 Å². The van der Waals surface area contributed by atoms with Gasteiger partial charge in [-0.15, -0.1) is 0 Å². The number of alkyl halides is 3. The van der Waals surface area contributed by atoms with E-state index in [1.54, 1.807) is 0 Å². The van der Waals surface area contributed by atoms with Gasteiger partial charge >= 0.3 is 6.18 Å². The molecular formula is C12H15F3N6O. The Bertz CT molecular complexity index is 629. The number of halogens is 3. The van der Waals surface area contributed by atoms with E-state index >= 15 is 0 Å². The first kappa shape index (κ1) is 14.9. The van der Waals surface area contributed by atoms with Gasteiger partial charge in [-0.3, -0.25) is 10.00 Å². The Morgan fingerprint density at radius 3 is 2.55 bits per heavy atom. The molecule has 120 valence electrons. The smallest absolute Gasteiger partial charge is 0.338 e. The highest BCUT2D eigenvalue weighted by Gasteiger charge is 2.37. The molecule has 0 aromatic carbocycles. The number of aromatic amines is 1. The van der Waals surface area contributed by atoms with Crippen LogP contribution in [-0.4, -0.2) is 43.3 Å². The largest absolute Gasteiger partial charge is 0.455 e.